The Kier molecular flexibility index (Phi) is 10.2. The molecule has 1 unspecified atom stereocenters. The molecule has 1 heterocycles. The van der Waals surface area contributed by atoms with Crippen molar-refractivity contribution >= 4 is 23.4 Å². The SMILES string of the molecule is CO[C@H]1CC[C@H](CNC[C@@H]2CC(C)C[C@@](C)(CNc3nc(NCc4ccccc4Cl)ncc3C#N)C2)CC1. The van der Waals surface area contributed by atoms with E-state index in [0.717, 1.165) is 31.1 Å². The number of hydrogen-bond donors (Lipinski definition) is 3. The first-order chi connectivity index (χ1) is 18.4. The summed E-state index contributed by atoms with van der Waals surface area (Å²) in [5.74, 6) is 3.18. The maximum Gasteiger partial charge on any atom is 0.224 e. The third kappa shape index (κ3) is 8.05. The average molecular weight is 539 g/mol. The maximum atomic E-state index is 9.65. The fourth-order valence-corrected chi connectivity index (χ4v) is 6.72. The summed E-state index contributed by atoms with van der Waals surface area (Å²) in [7, 11) is 1.84. The Bertz CT molecular complexity index is 1080. The largest absolute Gasteiger partial charge is 0.381 e. The number of ether oxygens (including phenoxy) is 1. The van der Waals surface area contributed by atoms with Crippen LogP contribution in [0.25, 0.3) is 0 Å². The average Bonchev–Trinajstić information content (AvgIpc) is 2.91. The molecule has 0 spiro atoms. The monoisotopic (exact) mass is 538 g/mol. The Balaban J connectivity index is 1.30. The number of hydrogen-bond acceptors (Lipinski definition) is 7. The van der Waals surface area contributed by atoms with Gasteiger partial charge in [-0.1, -0.05) is 43.6 Å². The highest BCUT2D eigenvalue weighted by molar-refractivity contribution is 6.31. The lowest BCUT2D eigenvalue weighted by molar-refractivity contribution is 0.0561. The molecule has 1 aromatic heterocycles. The van der Waals surface area contributed by atoms with Crippen LogP contribution in [-0.2, 0) is 11.3 Å². The van der Waals surface area contributed by atoms with Crippen LogP contribution in [-0.4, -0.2) is 42.8 Å². The maximum absolute atomic E-state index is 9.65. The Hall–Kier alpha value is -2.40. The fourth-order valence-electron chi connectivity index (χ4n) is 6.52. The summed E-state index contributed by atoms with van der Waals surface area (Å²) in [4.78, 5) is 8.96. The second-order valence-corrected chi connectivity index (χ2v) is 12.2. The molecule has 2 aliphatic rings. The van der Waals surface area contributed by atoms with Crippen molar-refractivity contribution in [2.24, 2.45) is 23.2 Å². The van der Waals surface area contributed by atoms with Gasteiger partial charge in [-0.3, -0.25) is 0 Å². The zero-order valence-electron chi connectivity index (χ0n) is 23.1. The van der Waals surface area contributed by atoms with Crippen molar-refractivity contribution in [3.05, 3.63) is 46.6 Å². The van der Waals surface area contributed by atoms with Gasteiger partial charge in [-0.25, -0.2) is 4.98 Å². The highest BCUT2D eigenvalue weighted by atomic mass is 35.5. The molecule has 206 valence electrons. The summed E-state index contributed by atoms with van der Waals surface area (Å²) >= 11 is 6.28. The quantitative estimate of drug-likeness (QED) is 0.310. The number of halogens is 1. The minimum Gasteiger partial charge on any atom is -0.381 e. The van der Waals surface area contributed by atoms with Gasteiger partial charge < -0.3 is 20.7 Å². The van der Waals surface area contributed by atoms with Gasteiger partial charge in [-0.15, -0.1) is 0 Å². The lowest BCUT2D eigenvalue weighted by atomic mass is 9.66. The van der Waals surface area contributed by atoms with Crippen LogP contribution in [0.15, 0.2) is 30.5 Å². The Morgan fingerprint density at radius 2 is 1.87 bits per heavy atom. The molecule has 3 N–H and O–H groups in total. The third-order valence-corrected chi connectivity index (χ3v) is 8.71. The van der Waals surface area contributed by atoms with E-state index in [1.54, 1.807) is 6.20 Å². The normalized spacial score (nSPS) is 27.4. The molecular weight excluding hydrogens is 496 g/mol. The highest BCUT2D eigenvalue weighted by Crippen LogP contribution is 2.42. The predicted octanol–water partition coefficient (Wildman–Crippen LogP) is 6.26. The van der Waals surface area contributed by atoms with Crippen molar-refractivity contribution in [3.8, 4) is 6.07 Å². The molecule has 38 heavy (non-hydrogen) atoms. The zero-order valence-corrected chi connectivity index (χ0v) is 23.9. The molecule has 8 heteroatoms. The van der Waals surface area contributed by atoms with E-state index in [2.05, 4.69) is 45.8 Å². The van der Waals surface area contributed by atoms with Gasteiger partial charge in [-0.05, 0) is 92.8 Å². The van der Waals surface area contributed by atoms with E-state index >= 15 is 0 Å². The van der Waals surface area contributed by atoms with Crippen LogP contribution in [0.1, 0.15) is 69.9 Å². The molecule has 3 atom stereocenters. The van der Waals surface area contributed by atoms with E-state index in [-0.39, 0.29) is 5.41 Å². The molecule has 1 aromatic carbocycles. The lowest BCUT2D eigenvalue weighted by Gasteiger charge is -2.42. The lowest BCUT2D eigenvalue weighted by Crippen LogP contribution is -2.40. The van der Waals surface area contributed by atoms with Crippen molar-refractivity contribution in [3.63, 3.8) is 0 Å². The first-order valence-corrected chi connectivity index (χ1v) is 14.5. The number of methoxy groups -OCH3 is 1. The van der Waals surface area contributed by atoms with E-state index in [4.69, 9.17) is 16.3 Å². The molecule has 0 saturated heterocycles. The van der Waals surface area contributed by atoms with Crippen LogP contribution in [0.2, 0.25) is 5.02 Å². The molecule has 2 saturated carbocycles. The first-order valence-electron chi connectivity index (χ1n) is 14.1. The fraction of sp³-hybridized carbons (Fsp3) is 0.633. The summed E-state index contributed by atoms with van der Waals surface area (Å²) in [6, 6.07) is 9.94. The summed E-state index contributed by atoms with van der Waals surface area (Å²) in [6.45, 7) is 8.24. The molecular formula is C30H43ClN6O. The molecule has 4 rings (SSSR count). The smallest absolute Gasteiger partial charge is 0.224 e. The van der Waals surface area contributed by atoms with Crippen molar-refractivity contribution in [1.29, 1.82) is 5.26 Å². The second kappa shape index (κ2) is 13.6. The second-order valence-electron chi connectivity index (χ2n) is 11.8. The van der Waals surface area contributed by atoms with Crippen molar-refractivity contribution in [2.75, 3.05) is 37.4 Å². The van der Waals surface area contributed by atoms with Crippen LogP contribution in [0.4, 0.5) is 11.8 Å². The summed E-state index contributed by atoms with van der Waals surface area (Å²) in [5, 5.41) is 20.9. The van der Waals surface area contributed by atoms with Crippen LogP contribution in [0, 0.1) is 34.5 Å². The number of nitriles is 1. The number of rotatable bonds is 11. The number of nitrogens with one attached hydrogen (secondary N) is 3. The van der Waals surface area contributed by atoms with E-state index in [1.165, 1.54) is 44.9 Å². The van der Waals surface area contributed by atoms with Crippen molar-refractivity contribution < 1.29 is 4.74 Å². The van der Waals surface area contributed by atoms with Crippen molar-refractivity contribution in [1.82, 2.24) is 15.3 Å². The Labute approximate surface area is 233 Å². The summed E-state index contributed by atoms with van der Waals surface area (Å²) in [6.07, 6.45) is 10.6. The van der Waals surface area contributed by atoms with Gasteiger partial charge in [0.25, 0.3) is 0 Å². The van der Waals surface area contributed by atoms with Gasteiger partial charge in [0.1, 0.15) is 17.5 Å². The molecule has 0 bridgehead atoms. The van der Waals surface area contributed by atoms with E-state index in [0.29, 0.717) is 46.8 Å². The molecule has 2 aromatic rings. The number of anilines is 2. The molecule has 2 aliphatic carbocycles. The third-order valence-electron chi connectivity index (χ3n) is 8.34. The van der Waals surface area contributed by atoms with Gasteiger partial charge >= 0.3 is 0 Å². The van der Waals surface area contributed by atoms with Crippen LogP contribution >= 0.6 is 11.6 Å². The minimum absolute atomic E-state index is 0.142. The molecule has 2 fully saturated rings. The number of nitrogens with zero attached hydrogens (tertiary/aromatic N) is 3. The van der Waals surface area contributed by atoms with Gasteiger partial charge in [0, 0.05) is 25.2 Å². The summed E-state index contributed by atoms with van der Waals surface area (Å²) < 4.78 is 5.52. The Morgan fingerprint density at radius 1 is 1.11 bits per heavy atom. The number of benzene rings is 1. The topological polar surface area (TPSA) is 94.9 Å². The number of aromatic nitrogens is 2. The van der Waals surface area contributed by atoms with Gasteiger partial charge in [-0.2, -0.15) is 10.2 Å². The van der Waals surface area contributed by atoms with Crippen molar-refractivity contribution in [2.45, 2.75) is 71.4 Å². The molecule has 7 nitrogen and oxygen atoms in total. The van der Waals surface area contributed by atoms with E-state index in [9.17, 15) is 5.26 Å². The Morgan fingerprint density at radius 3 is 2.61 bits per heavy atom. The van der Waals surface area contributed by atoms with Crippen LogP contribution in [0.3, 0.4) is 0 Å². The summed E-state index contributed by atoms with van der Waals surface area (Å²) in [5.41, 5.74) is 1.58. The first kappa shape index (κ1) is 28.6. The standard InChI is InChI=1S/C30H43ClN6O/c1-21-12-23(17-33-16-22-8-10-26(38-3)11-9-22)14-30(2,13-21)20-36-28-25(15-32)19-35-29(37-28)34-18-24-6-4-5-7-27(24)31/h4-7,19,21-23,26,33H,8-14,16-18,20H2,1-3H3,(H2,34,35,36,37)/t21?,22-,23-,26-,30-/m1/s1. The zero-order chi connectivity index (χ0) is 27.0. The van der Waals surface area contributed by atoms with E-state index < -0.39 is 0 Å². The minimum atomic E-state index is 0.142. The molecule has 0 radical (unpaired) electrons. The predicted molar refractivity (Wildman–Crippen MR) is 154 cm³/mol. The molecule has 0 aliphatic heterocycles. The van der Waals surface area contributed by atoms with Gasteiger partial charge in [0.15, 0.2) is 0 Å². The van der Waals surface area contributed by atoms with Gasteiger partial charge in [0.2, 0.25) is 5.95 Å². The highest BCUT2D eigenvalue weighted by Gasteiger charge is 2.35. The van der Waals surface area contributed by atoms with E-state index in [1.807, 2.05) is 31.4 Å². The van der Waals surface area contributed by atoms with Crippen LogP contribution in [0.5, 0.6) is 0 Å². The van der Waals surface area contributed by atoms with Crippen LogP contribution < -0.4 is 16.0 Å². The molecule has 0 amide bonds. The van der Waals surface area contributed by atoms with Gasteiger partial charge in [0.05, 0.1) is 12.3 Å².